The van der Waals surface area contributed by atoms with Crippen LogP contribution in [0.25, 0.3) is 23.1 Å². The molecule has 0 saturated heterocycles. The van der Waals surface area contributed by atoms with Gasteiger partial charge in [0.25, 0.3) is 0 Å². The Labute approximate surface area is 241 Å². The van der Waals surface area contributed by atoms with Gasteiger partial charge in [-0.3, -0.25) is 0 Å². The molecule has 1 unspecified atom stereocenters. The van der Waals surface area contributed by atoms with E-state index in [-0.39, 0.29) is 34.8 Å². The molecule has 7 heteroatoms. The van der Waals surface area contributed by atoms with Crippen LogP contribution in [0, 0.1) is 17.6 Å². The van der Waals surface area contributed by atoms with Crippen molar-refractivity contribution in [1.82, 2.24) is 4.98 Å². The molecule has 1 aliphatic rings. The summed E-state index contributed by atoms with van der Waals surface area (Å²) < 4.78 is 27.2. The fraction of sp³-hybridized carbons (Fsp3) is 0.200. The summed E-state index contributed by atoms with van der Waals surface area (Å²) in [6.45, 7) is 1.68. The van der Waals surface area contributed by atoms with E-state index >= 15 is 0 Å². The standard InChI is InChI=1S/C30H25F2NO2S.Na/c1-18(30(34)35)17-36-29-24-5-3-2-4-20(24)9-10-21-8-6-19(14-25(21)29)7-12-23-13-11-22-15-26(31)27(32)16-28(22)33-23;/h2-8,11-16,18,29H,9-10,17H2,1H3,(H,34,35);/q;+1/p-1/t18-,29?;/m1./s1. The van der Waals surface area contributed by atoms with Crippen LogP contribution in [0.2, 0.25) is 0 Å². The van der Waals surface area contributed by atoms with Crippen LogP contribution < -0.4 is 34.7 Å². The van der Waals surface area contributed by atoms with Crippen LogP contribution in [-0.4, -0.2) is 16.7 Å². The SMILES string of the molecule is C[C@H](CSC1c2ccccc2CCc2ccc(C=Cc3ccc4cc(F)c(F)cc4n3)cc21)C(=O)[O-].[Na+]. The quantitative estimate of drug-likeness (QED) is 0.365. The number of carbonyl (C=O) groups is 1. The van der Waals surface area contributed by atoms with Gasteiger partial charge in [-0.2, -0.15) is 0 Å². The summed E-state index contributed by atoms with van der Waals surface area (Å²) in [7, 11) is 0. The number of carboxylic acids is 1. The zero-order valence-corrected chi connectivity index (χ0v) is 23.5. The van der Waals surface area contributed by atoms with Gasteiger partial charge in [-0.1, -0.05) is 61.5 Å². The third-order valence-electron chi connectivity index (χ3n) is 6.57. The maximum absolute atomic E-state index is 13.7. The number of thioether (sulfide) groups is 1. The van der Waals surface area contributed by atoms with Gasteiger partial charge in [-0.15, -0.1) is 11.8 Å². The smallest absolute Gasteiger partial charge is 0.550 e. The molecule has 4 aromatic rings. The normalized spacial score (nSPS) is 15.5. The van der Waals surface area contributed by atoms with Gasteiger partial charge in [-0.25, -0.2) is 13.8 Å². The van der Waals surface area contributed by atoms with Crippen LogP contribution in [0.3, 0.4) is 0 Å². The van der Waals surface area contributed by atoms with Crippen LogP contribution in [-0.2, 0) is 17.6 Å². The minimum absolute atomic E-state index is 0. The molecule has 1 aliphatic carbocycles. The molecular weight excluding hydrogens is 499 g/mol. The third-order valence-corrected chi connectivity index (χ3v) is 8.10. The van der Waals surface area contributed by atoms with Crippen molar-refractivity contribution in [3.8, 4) is 0 Å². The van der Waals surface area contributed by atoms with Crippen molar-refractivity contribution in [3.05, 3.63) is 112 Å². The van der Waals surface area contributed by atoms with Crippen molar-refractivity contribution in [2.24, 2.45) is 5.92 Å². The first kappa shape index (κ1) is 27.5. The molecule has 0 bridgehead atoms. The Morgan fingerprint density at radius 1 is 1.00 bits per heavy atom. The molecule has 3 aromatic carbocycles. The van der Waals surface area contributed by atoms with Crippen LogP contribution in [0.1, 0.15) is 45.7 Å². The Hall–Kier alpha value is -2.51. The van der Waals surface area contributed by atoms with Gasteiger partial charge < -0.3 is 9.90 Å². The number of carboxylic acid groups (broad SMARTS) is 1. The first-order valence-corrected chi connectivity index (χ1v) is 12.9. The number of halogens is 2. The molecule has 0 radical (unpaired) electrons. The summed E-state index contributed by atoms with van der Waals surface area (Å²) in [6, 6.07) is 20.5. The number of fused-ring (bicyclic) bond motifs is 3. The number of hydrogen-bond acceptors (Lipinski definition) is 4. The van der Waals surface area contributed by atoms with Gasteiger partial charge in [-0.05, 0) is 58.9 Å². The maximum Gasteiger partial charge on any atom is 1.00 e. The molecule has 0 spiro atoms. The number of aromatic nitrogens is 1. The van der Waals surface area contributed by atoms with E-state index in [0.29, 0.717) is 22.3 Å². The average molecular weight is 524 g/mol. The Bertz CT molecular complexity index is 1490. The first-order chi connectivity index (χ1) is 17.4. The molecule has 5 rings (SSSR count). The monoisotopic (exact) mass is 523 g/mol. The maximum atomic E-state index is 13.7. The molecule has 0 amide bonds. The number of aliphatic carboxylic acids is 1. The van der Waals surface area contributed by atoms with Gasteiger partial charge in [0.1, 0.15) is 0 Å². The molecule has 3 nitrogen and oxygen atoms in total. The van der Waals surface area contributed by atoms with Gasteiger partial charge in [0.2, 0.25) is 0 Å². The molecule has 1 aromatic heterocycles. The molecule has 37 heavy (non-hydrogen) atoms. The Balaban J connectivity index is 0.00000320. The van der Waals surface area contributed by atoms with Crippen molar-refractivity contribution in [2.45, 2.75) is 25.0 Å². The summed E-state index contributed by atoms with van der Waals surface area (Å²) in [4.78, 5) is 15.8. The Morgan fingerprint density at radius 2 is 1.73 bits per heavy atom. The fourth-order valence-corrected chi connectivity index (χ4v) is 5.97. The summed E-state index contributed by atoms with van der Waals surface area (Å²) in [5, 5.41) is 11.9. The number of benzene rings is 3. The van der Waals surface area contributed by atoms with Crippen LogP contribution in [0.15, 0.2) is 66.7 Å². The zero-order chi connectivity index (χ0) is 25.2. The largest absolute Gasteiger partial charge is 1.00 e. The molecule has 0 N–H and O–H groups in total. The van der Waals surface area contributed by atoms with E-state index in [1.807, 2.05) is 24.3 Å². The minimum Gasteiger partial charge on any atom is -0.550 e. The second-order valence-corrected chi connectivity index (χ2v) is 10.3. The number of rotatable bonds is 6. The molecule has 1 heterocycles. The second-order valence-electron chi connectivity index (χ2n) is 9.12. The van der Waals surface area contributed by atoms with Crippen molar-refractivity contribution < 1.29 is 48.2 Å². The molecule has 182 valence electrons. The summed E-state index contributed by atoms with van der Waals surface area (Å²) in [6.07, 6.45) is 5.66. The molecule has 0 aliphatic heterocycles. The Morgan fingerprint density at radius 3 is 2.51 bits per heavy atom. The van der Waals surface area contributed by atoms with E-state index in [0.717, 1.165) is 30.5 Å². The third kappa shape index (κ3) is 6.15. The summed E-state index contributed by atoms with van der Waals surface area (Å²) >= 11 is 1.64. The summed E-state index contributed by atoms with van der Waals surface area (Å²) in [5.41, 5.74) is 6.96. The topological polar surface area (TPSA) is 53.0 Å². The van der Waals surface area contributed by atoms with Crippen molar-refractivity contribution >= 4 is 40.8 Å². The van der Waals surface area contributed by atoms with E-state index in [2.05, 4.69) is 35.3 Å². The van der Waals surface area contributed by atoms with Gasteiger partial charge in [0.05, 0.1) is 16.5 Å². The van der Waals surface area contributed by atoms with Gasteiger partial charge >= 0.3 is 29.6 Å². The number of aryl methyl sites for hydroxylation is 2. The van der Waals surface area contributed by atoms with Crippen LogP contribution in [0.5, 0.6) is 0 Å². The molecule has 2 atom stereocenters. The zero-order valence-electron chi connectivity index (χ0n) is 20.7. The minimum atomic E-state index is -1.04. The number of pyridine rings is 1. The Kier molecular flexibility index (Phi) is 8.86. The average Bonchev–Trinajstić information content (AvgIpc) is 3.03. The summed E-state index contributed by atoms with van der Waals surface area (Å²) in [5.74, 6) is -2.93. The van der Waals surface area contributed by atoms with E-state index in [1.54, 1.807) is 30.8 Å². The number of carbonyl (C=O) groups excluding carboxylic acids is 1. The predicted molar refractivity (Wildman–Crippen MR) is 139 cm³/mol. The van der Waals surface area contributed by atoms with E-state index in [4.69, 9.17) is 0 Å². The van der Waals surface area contributed by atoms with E-state index < -0.39 is 23.5 Å². The number of nitrogens with zero attached hydrogens (tertiary/aromatic N) is 1. The van der Waals surface area contributed by atoms with Gasteiger partial charge in [0, 0.05) is 29.1 Å². The van der Waals surface area contributed by atoms with E-state index in [1.165, 1.54) is 22.3 Å². The van der Waals surface area contributed by atoms with Crippen molar-refractivity contribution in [2.75, 3.05) is 5.75 Å². The fourth-order valence-electron chi connectivity index (χ4n) is 4.54. The van der Waals surface area contributed by atoms with E-state index in [9.17, 15) is 18.7 Å². The van der Waals surface area contributed by atoms with Crippen molar-refractivity contribution in [1.29, 1.82) is 0 Å². The van der Waals surface area contributed by atoms with Crippen molar-refractivity contribution in [3.63, 3.8) is 0 Å². The molecular formula is C30H24F2NNaO2S. The molecule has 0 saturated carbocycles. The predicted octanol–water partition coefficient (Wildman–Crippen LogP) is 2.99. The second kappa shape index (κ2) is 11.9. The number of hydrogen-bond donors (Lipinski definition) is 0. The van der Waals surface area contributed by atoms with Gasteiger partial charge in [0.15, 0.2) is 11.6 Å². The first-order valence-electron chi connectivity index (χ1n) is 11.9. The van der Waals surface area contributed by atoms with Crippen LogP contribution in [0.4, 0.5) is 8.78 Å². The van der Waals surface area contributed by atoms with Crippen LogP contribution >= 0.6 is 11.8 Å². The molecule has 0 fully saturated rings.